The number of likely N-dealkylation sites (tertiary alicyclic amines) is 1. The SMILES string of the molecule is Cc1ccc(S(=O)(=O)N2C[C@@H](C(=O)NCCCN3CCCCCC3)Oc3ccccc32)cc1. The summed E-state index contributed by atoms with van der Waals surface area (Å²) in [5, 5.41) is 2.95. The summed E-state index contributed by atoms with van der Waals surface area (Å²) in [6, 6.07) is 13.7. The van der Waals surface area contributed by atoms with Crippen LogP contribution < -0.4 is 14.4 Å². The molecule has 178 valence electrons. The highest BCUT2D eigenvalue weighted by atomic mass is 32.2. The molecule has 2 heterocycles. The number of para-hydroxylation sites is 2. The zero-order valence-corrected chi connectivity index (χ0v) is 20.0. The van der Waals surface area contributed by atoms with Gasteiger partial charge in [-0.25, -0.2) is 8.42 Å². The molecule has 1 amide bonds. The van der Waals surface area contributed by atoms with Crippen LogP contribution >= 0.6 is 0 Å². The lowest BCUT2D eigenvalue weighted by atomic mass is 10.2. The number of amides is 1. The largest absolute Gasteiger partial charge is 0.476 e. The summed E-state index contributed by atoms with van der Waals surface area (Å²) in [6.45, 7) is 5.60. The van der Waals surface area contributed by atoms with E-state index < -0.39 is 16.1 Å². The maximum Gasteiger partial charge on any atom is 0.264 e. The predicted molar refractivity (Wildman–Crippen MR) is 129 cm³/mol. The minimum absolute atomic E-state index is 0.0643. The number of fused-ring (bicyclic) bond motifs is 1. The number of carbonyl (C=O) groups is 1. The molecule has 7 nitrogen and oxygen atoms in total. The quantitative estimate of drug-likeness (QED) is 0.627. The van der Waals surface area contributed by atoms with Crippen molar-refractivity contribution in [3.63, 3.8) is 0 Å². The summed E-state index contributed by atoms with van der Waals surface area (Å²) in [6.07, 6.45) is 5.05. The fourth-order valence-electron chi connectivity index (χ4n) is 4.39. The summed E-state index contributed by atoms with van der Waals surface area (Å²) in [4.78, 5) is 15.6. The Morgan fingerprint density at radius 1 is 1.03 bits per heavy atom. The van der Waals surface area contributed by atoms with E-state index in [0.717, 1.165) is 31.6 Å². The molecule has 2 aliphatic heterocycles. The van der Waals surface area contributed by atoms with Crippen molar-refractivity contribution in [2.45, 2.75) is 50.0 Å². The summed E-state index contributed by atoms with van der Waals surface area (Å²) < 4.78 is 34.1. The van der Waals surface area contributed by atoms with Gasteiger partial charge in [0.2, 0.25) is 0 Å². The number of aryl methyl sites for hydroxylation is 1. The molecule has 0 saturated carbocycles. The Morgan fingerprint density at radius 3 is 2.45 bits per heavy atom. The molecule has 0 spiro atoms. The highest BCUT2D eigenvalue weighted by Gasteiger charge is 2.37. The molecule has 4 rings (SSSR count). The molecule has 2 aliphatic rings. The Morgan fingerprint density at radius 2 is 1.73 bits per heavy atom. The van der Waals surface area contributed by atoms with Crippen molar-refractivity contribution < 1.29 is 17.9 Å². The highest BCUT2D eigenvalue weighted by Crippen LogP contribution is 2.36. The van der Waals surface area contributed by atoms with Crippen LogP contribution in [0.3, 0.4) is 0 Å². The third kappa shape index (κ3) is 5.68. The van der Waals surface area contributed by atoms with Gasteiger partial charge in [0, 0.05) is 6.54 Å². The number of nitrogens with zero attached hydrogens (tertiary/aromatic N) is 2. The first kappa shape index (κ1) is 23.6. The molecule has 0 aromatic heterocycles. The highest BCUT2D eigenvalue weighted by molar-refractivity contribution is 7.92. The van der Waals surface area contributed by atoms with E-state index in [9.17, 15) is 13.2 Å². The number of benzene rings is 2. The molecule has 2 aromatic carbocycles. The number of carbonyl (C=O) groups excluding carboxylic acids is 1. The van der Waals surface area contributed by atoms with Crippen molar-refractivity contribution in [2.75, 3.05) is 37.0 Å². The van der Waals surface area contributed by atoms with Crippen LogP contribution in [-0.4, -0.2) is 58.1 Å². The topological polar surface area (TPSA) is 79.0 Å². The summed E-state index contributed by atoms with van der Waals surface area (Å²) >= 11 is 0. The van der Waals surface area contributed by atoms with Crippen molar-refractivity contribution in [2.24, 2.45) is 0 Å². The number of sulfonamides is 1. The maximum absolute atomic E-state index is 13.4. The second-order valence-corrected chi connectivity index (χ2v) is 10.7. The third-order valence-corrected chi connectivity index (χ3v) is 8.08. The number of ether oxygens (including phenoxy) is 1. The van der Waals surface area contributed by atoms with Crippen molar-refractivity contribution >= 4 is 21.6 Å². The maximum atomic E-state index is 13.4. The van der Waals surface area contributed by atoms with Gasteiger partial charge in [-0.05, 0) is 70.1 Å². The molecular weight excluding hydrogens is 438 g/mol. The summed E-state index contributed by atoms with van der Waals surface area (Å²) in [7, 11) is -3.84. The van der Waals surface area contributed by atoms with Crippen LogP contribution in [0.4, 0.5) is 5.69 Å². The van der Waals surface area contributed by atoms with E-state index in [-0.39, 0.29) is 17.3 Å². The van der Waals surface area contributed by atoms with Crippen LogP contribution in [0.15, 0.2) is 53.4 Å². The van der Waals surface area contributed by atoms with Crippen molar-refractivity contribution in [1.29, 1.82) is 0 Å². The standard InChI is InChI=1S/C25H33N3O4S/c1-20-11-13-21(14-12-20)33(30,31)28-19-24(32-23-10-5-4-9-22(23)28)25(29)26-15-8-18-27-16-6-2-3-7-17-27/h4-5,9-14,24H,2-3,6-8,15-19H2,1H3,(H,26,29)/t24-/m0/s1. The number of nitrogens with one attached hydrogen (secondary N) is 1. The third-order valence-electron chi connectivity index (χ3n) is 6.29. The average Bonchev–Trinajstić information content (AvgIpc) is 3.10. The molecule has 8 heteroatoms. The van der Waals surface area contributed by atoms with Crippen LogP contribution in [0.5, 0.6) is 5.75 Å². The normalized spacial score (nSPS) is 19.3. The minimum Gasteiger partial charge on any atom is -0.476 e. The summed E-state index contributed by atoms with van der Waals surface area (Å²) in [5.41, 5.74) is 1.43. The Kier molecular flexibility index (Phi) is 7.55. The molecule has 1 fully saturated rings. The van der Waals surface area contributed by atoms with E-state index in [0.29, 0.717) is 18.0 Å². The molecule has 0 bridgehead atoms. The van der Waals surface area contributed by atoms with Crippen LogP contribution in [0.2, 0.25) is 0 Å². The van der Waals surface area contributed by atoms with Gasteiger partial charge < -0.3 is 15.0 Å². The van der Waals surface area contributed by atoms with E-state index in [1.54, 1.807) is 48.5 Å². The fraction of sp³-hybridized carbons (Fsp3) is 0.480. The van der Waals surface area contributed by atoms with Gasteiger partial charge in [0.25, 0.3) is 15.9 Å². The van der Waals surface area contributed by atoms with Crippen LogP contribution in [0.1, 0.15) is 37.7 Å². The second-order valence-electron chi connectivity index (χ2n) is 8.82. The van der Waals surface area contributed by atoms with Gasteiger partial charge in [-0.15, -0.1) is 0 Å². The molecule has 0 radical (unpaired) electrons. The van der Waals surface area contributed by atoms with Gasteiger partial charge in [-0.3, -0.25) is 9.10 Å². The smallest absolute Gasteiger partial charge is 0.264 e. The monoisotopic (exact) mass is 471 g/mol. The zero-order valence-electron chi connectivity index (χ0n) is 19.2. The Balaban J connectivity index is 1.42. The zero-order chi connectivity index (χ0) is 23.3. The van der Waals surface area contributed by atoms with Gasteiger partial charge in [-0.2, -0.15) is 0 Å². The lowest BCUT2D eigenvalue weighted by Crippen LogP contribution is -2.51. The van der Waals surface area contributed by atoms with Gasteiger partial charge >= 0.3 is 0 Å². The van der Waals surface area contributed by atoms with Gasteiger partial charge in [0.05, 0.1) is 17.1 Å². The molecule has 2 aromatic rings. The van der Waals surface area contributed by atoms with Crippen LogP contribution in [0, 0.1) is 6.92 Å². The average molecular weight is 472 g/mol. The Bertz CT molecular complexity index is 1050. The van der Waals surface area contributed by atoms with Gasteiger partial charge in [-0.1, -0.05) is 42.7 Å². The Hall–Kier alpha value is -2.58. The van der Waals surface area contributed by atoms with E-state index in [4.69, 9.17) is 4.74 Å². The lowest BCUT2D eigenvalue weighted by Gasteiger charge is -2.34. The molecule has 1 N–H and O–H groups in total. The van der Waals surface area contributed by atoms with E-state index in [1.807, 2.05) is 6.92 Å². The number of rotatable bonds is 7. The van der Waals surface area contributed by atoms with E-state index in [1.165, 1.54) is 30.0 Å². The summed E-state index contributed by atoms with van der Waals surface area (Å²) in [5.74, 6) is 0.105. The molecule has 33 heavy (non-hydrogen) atoms. The molecule has 1 atom stereocenters. The molecular formula is C25H33N3O4S. The van der Waals surface area contributed by atoms with Crippen LogP contribution in [-0.2, 0) is 14.8 Å². The van der Waals surface area contributed by atoms with Crippen LogP contribution in [0.25, 0.3) is 0 Å². The second kappa shape index (κ2) is 10.6. The minimum atomic E-state index is -3.84. The van der Waals surface area contributed by atoms with E-state index >= 15 is 0 Å². The predicted octanol–water partition coefficient (Wildman–Crippen LogP) is 3.33. The number of anilines is 1. The van der Waals surface area contributed by atoms with Gasteiger partial charge in [0.15, 0.2) is 6.10 Å². The molecule has 0 aliphatic carbocycles. The van der Waals surface area contributed by atoms with E-state index in [2.05, 4.69) is 10.2 Å². The molecule has 1 saturated heterocycles. The van der Waals surface area contributed by atoms with Crippen molar-refractivity contribution in [3.8, 4) is 5.75 Å². The molecule has 0 unspecified atom stereocenters. The first-order valence-electron chi connectivity index (χ1n) is 11.8. The first-order chi connectivity index (χ1) is 15.9. The van der Waals surface area contributed by atoms with Crippen molar-refractivity contribution in [3.05, 3.63) is 54.1 Å². The van der Waals surface area contributed by atoms with Gasteiger partial charge in [0.1, 0.15) is 5.75 Å². The fourth-order valence-corrected chi connectivity index (χ4v) is 5.87. The Labute approximate surface area is 196 Å². The lowest BCUT2D eigenvalue weighted by molar-refractivity contribution is -0.127. The van der Waals surface area contributed by atoms with Crippen molar-refractivity contribution in [1.82, 2.24) is 10.2 Å². The first-order valence-corrected chi connectivity index (χ1v) is 13.2. The number of hydrogen-bond acceptors (Lipinski definition) is 5. The number of hydrogen-bond donors (Lipinski definition) is 1.